The van der Waals surface area contributed by atoms with Crippen molar-refractivity contribution in [2.45, 2.75) is 12.5 Å². The Hall–Kier alpha value is -3.22. The Morgan fingerprint density at radius 1 is 1.04 bits per heavy atom. The fourth-order valence-corrected chi connectivity index (χ4v) is 3.64. The summed E-state index contributed by atoms with van der Waals surface area (Å²) in [4.78, 5) is 25.7. The molecule has 2 atom stereocenters. The fraction of sp³-hybridized carbons (Fsp3) is 0.333. The number of hydrogen-bond donors (Lipinski definition) is 1. The number of nitrogens with zero attached hydrogens (tertiary/aromatic N) is 1. The van der Waals surface area contributed by atoms with E-state index in [1.165, 1.54) is 4.90 Å². The van der Waals surface area contributed by atoms with Gasteiger partial charge in [-0.25, -0.2) is 4.79 Å². The molecular weight excluding hydrogens is 362 g/mol. The number of amides is 1. The molecule has 1 fully saturated rings. The molecule has 0 radical (unpaired) electrons. The van der Waals surface area contributed by atoms with E-state index in [1.807, 2.05) is 42.5 Å². The third kappa shape index (κ3) is 3.74. The van der Waals surface area contributed by atoms with Crippen LogP contribution in [-0.2, 0) is 16.1 Å². The molecule has 2 aliphatic rings. The highest BCUT2D eigenvalue weighted by Crippen LogP contribution is 2.38. The number of carboxylic acid groups (broad SMARTS) is 1. The average molecular weight is 383 g/mol. The lowest BCUT2D eigenvalue weighted by Gasteiger charge is -2.21. The Balaban J connectivity index is 1.47. The zero-order valence-corrected chi connectivity index (χ0v) is 15.2. The zero-order valence-electron chi connectivity index (χ0n) is 15.2. The second-order valence-electron chi connectivity index (χ2n) is 6.90. The van der Waals surface area contributed by atoms with Crippen LogP contribution >= 0.6 is 0 Å². The van der Waals surface area contributed by atoms with E-state index in [9.17, 15) is 14.7 Å². The summed E-state index contributed by atoms with van der Waals surface area (Å²) in [6.45, 7) is 1.50. The maximum absolute atomic E-state index is 12.5. The molecule has 0 aliphatic carbocycles. The van der Waals surface area contributed by atoms with Crippen LogP contribution in [0.5, 0.6) is 11.5 Å². The molecule has 7 heteroatoms. The Kier molecular flexibility index (Phi) is 5.06. The minimum absolute atomic E-state index is 0.113. The summed E-state index contributed by atoms with van der Waals surface area (Å²) in [5.74, 6) is -0.709. The lowest BCUT2D eigenvalue weighted by atomic mass is 9.89. The van der Waals surface area contributed by atoms with Crippen LogP contribution in [0, 0.1) is 5.92 Å². The molecule has 0 saturated carbocycles. The average Bonchev–Trinajstić information content (AvgIpc) is 3.18. The van der Waals surface area contributed by atoms with Gasteiger partial charge in [-0.15, -0.1) is 0 Å². The highest BCUT2D eigenvalue weighted by atomic mass is 16.6. The Bertz CT molecular complexity index is 868. The number of benzene rings is 2. The zero-order chi connectivity index (χ0) is 19.5. The summed E-state index contributed by atoms with van der Waals surface area (Å²) in [6, 6.07) is 14.8. The van der Waals surface area contributed by atoms with Gasteiger partial charge in [0.25, 0.3) is 0 Å². The lowest BCUT2D eigenvalue weighted by molar-refractivity contribution is -0.141. The number of hydrogen-bond acceptors (Lipinski definition) is 5. The molecule has 2 aliphatic heterocycles. The highest BCUT2D eigenvalue weighted by molar-refractivity contribution is 5.76. The van der Waals surface area contributed by atoms with Crippen molar-refractivity contribution in [2.75, 3.05) is 26.3 Å². The van der Waals surface area contributed by atoms with Gasteiger partial charge < -0.3 is 24.2 Å². The van der Waals surface area contributed by atoms with Crippen molar-refractivity contribution in [1.82, 2.24) is 4.90 Å². The van der Waals surface area contributed by atoms with Crippen LogP contribution in [0.25, 0.3) is 0 Å². The summed E-state index contributed by atoms with van der Waals surface area (Å²) in [7, 11) is 0. The standard InChI is InChI=1S/C21H21NO6/c23-20(24)17-12-22(21(25)28-13-14-4-2-1-3-5-14)11-16(17)15-6-7-18-19(10-15)27-9-8-26-18/h1-7,10,16-17H,8-9,11-13H2,(H,23,24). The van der Waals surface area contributed by atoms with Gasteiger partial charge in [-0.1, -0.05) is 36.4 Å². The van der Waals surface area contributed by atoms with Crippen LogP contribution in [-0.4, -0.2) is 48.4 Å². The minimum Gasteiger partial charge on any atom is -0.486 e. The molecule has 2 heterocycles. The number of rotatable bonds is 4. The summed E-state index contributed by atoms with van der Waals surface area (Å²) >= 11 is 0. The van der Waals surface area contributed by atoms with Crippen molar-refractivity contribution in [1.29, 1.82) is 0 Å². The SMILES string of the molecule is O=C(O)C1CN(C(=O)OCc2ccccc2)CC1c1ccc2c(c1)OCCO2. The van der Waals surface area contributed by atoms with Gasteiger partial charge in [0, 0.05) is 19.0 Å². The van der Waals surface area contributed by atoms with E-state index < -0.39 is 18.0 Å². The normalized spacial score (nSPS) is 20.6. The Morgan fingerprint density at radius 3 is 2.54 bits per heavy atom. The number of ether oxygens (including phenoxy) is 3. The maximum atomic E-state index is 12.5. The van der Waals surface area contributed by atoms with Crippen molar-refractivity contribution in [3.05, 3.63) is 59.7 Å². The molecule has 1 N–H and O–H groups in total. The molecule has 0 spiro atoms. The van der Waals surface area contributed by atoms with Crippen LogP contribution < -0.4 is 9.47 Å². The summed E-state index contributed by atoms with van der Waals surface area (Å²) in [5.41, 5.74) is 1.70. The summed E-state index contributed by atoms with van der Waals surface area (Å²) in [5, 5.41) is 9.66. The summed E-state index contributed by atoms with van der Waals surface area (Å²) in [6.07, 6.45) is -0.504. The second-order valence-corrected chi connectivity index (χ2v) is 6.90. The van der Waals surface area contributed by atoms with Crippen molar-refractivity contribution in [3.63, 3.8) is 0 Å². The molecule has 7 nitrogen and oxygen atoms in total. The number of likely N-dealkylation sites (tertiary alicyclic amines) is 1. The molecule has 2 unspecified atom stereocenters. The van der Waals surface area contributed by atoms with Gasteiger partial charge in [0.1, 0.15) is 19.8 Å². The predicted octanol–water partition coefficient (Wildman–Crippen LogP) is 2.89. The van der Waals surface area contributed by atoms with E-state index in [0.29, 0.717) is 24.7 Å². The van der Waals surface area contributed by atoms with Crippen molar-refractivity contribution in [3.8, 4) is 11.5 Å². The summed E-state index contributed by atoms with van der Waals surface area (Å²) < 4.78 is 16.5. The maximum Gasteiger partial charge on any atom is 0.410 e. The van der Waals surface area contributed by atoms with Crippen molar-refractivity contribution >= 4 is 12.1 Å². The molecule has 1 amide bonds. The lowest BCUT2D eigenvalue weighted by Crippen LogP contribution is -2.30. The van der Waals surface area contributed by atoms with Gasteiger partial charge in [0.15, 0.2) is 11.5 Å². The Morgan fingerprint density at radius 2 is 1.79 bits per heavy atom. The van der Waals surface area contributed by atoms with Gasteiger partial charge in [-0.2, -0.15) is 0 Å². The van der Waals surface area contributed by atoms with Crippen LogP contribution in [0.2, 0.25) is 0 Å². The highest BCUT2D eigenvalue weighted by Gasteiger charge is 2.41. The number of aliphatic carboxylic acids is 1. The molecular formula is C21H21NO6. The molecule has 2 aromatic rings. The second kappa shape index (κ2) is 7.80. The third-order valence-electron chi connectivity index (χ3n) is 5.09. The molecule has 4 rings (SSSR count). The Labute approximate surface area is 162 Å². The monoisotopic (exact) mass is 383 g/mol. The smallest absolute Gasteiger partial charge is 0.410 e. The first-order valence-corrected chi connectivity index (χ1v) is 9.20. The van der Waals surface area contributed by atoms with Crippen molar-refractivity contribution < 1.29 is 28.9 Å². The van der Waals surface area contributed by atoms with Crippen LogP contribution in [0.4, 0.5) is 4.79 Å². The molecule has 1 saturated heterocycles. The molecule has 0 aromatic heterocycles. The number of fused-ring (bicyclic) bond motifs is 1. The number of carbonyl (C=O) groups is 2. The molecule has 2 aromatic carbocycles. The van der Waals surface area contributed by atoms with Gasteiger partial charge >= 0.3 is 12.1 Å². The van der Waals surface area contributed by atoms with E-state index in [2.05, 4.69) is 0 Å². The largest absolute Gasteiger partial charge is 0.486 e. The first kappa shape index (κ1) is 18.2. The van der Waals surface area contributed by atoms with Gasteiger partial charge in [0.2, 0.25) is 0 Å². The first-order valence-electron chi connectivity index (χ1n) is 9.20. The first-order chi connectivity index (χ1) is 13.6. The minimum atomic E-state index is -0.932. The van der Waals surface area contributed by atoms with Crippen LogP contribution in [0.15, 0.2) is 48.5 Å². The molecule has 28 heavy (non-hydrogen) atoms. The molecule has 146 valence electrons. The van der Waals surface area contributed by atoms with E-state index in [1.54, 1.807) is 6.07 Å². The number of carboxylic acids is 1. The van der Waals surface area contributed by atoms with E-state index in [0.717, 1.165) is 11.1 Å². The number of carbonyl (C=O) groups excluding carboxylic acids is 1. The van der Waals surface area contributed by atoms with Gasteiger partial charge in [-0.3, -0.25) is 4.79 Å². The molecule has 0 bridgehead atoms. The van der Waals surface area contributed by atoms with E-state index >= 15 is 0 Å². The topological polar surface area (TPSA) is 85.3 Å². The van der Waals surface area contributed by atoms with Gasteiger partial charge in [-0.05, 0) is 23.3 Å². The van der Waals surface area contributed by atoms with Crippen molar-refractivity contribution in [2.24, 2.45) is 5.92 Å². The van der Waals surface area contributed by atoms with E-state index in [-0.39, 0.29) is 25.6 Å². The van der Waals surface area contributed by atoms with Crippen LogP contribution in [0.1, 0.15) is 17.0 Å². The van der Waals surface area contributed by atoms with E-state index in [4.69, 9.17) is 14.2 Å². The fourth-order valence-electron chi connectivity index (χ4n) is 3.64. The quantitative estimate of drug-likeness (QED) is 0.874. The van der Waals surface area contributed by atoms with Crippen LogP contribution in [0.3, 0.4) is 0 Å². The van der Waals surface area contributed by atoms with Gasteiger partial charge in [0.05, 0.1) is 5.92 Å². The third-order valence-corrected chi connectivity index (χ3v) is 5.09. The predicted molar refractivity (Wildman–Crippen MR) is 99.5 cm³/mol.